The van der Waals surface area contributed by atoms with E-state index in [1.807, 2.05) is 0 Å². The van der Waals surface area contributed by atoms with Crippen molar-refractivity contribution in [2.45, 2.75) is 11.5 Å². The molecule has 1 aromatic heterocycles. The second-order valence-corrected chi connectivity index (χ2v) is 7.70. The number of benzene rings is 1. The number of halogens is 4. The highest BCUT2D eigenvalue weighted by Crippen LogP contribution is 2.32. The van der Waals surface area contributed by atoms with Gasteiger partial charge in [0.15, 0.2) is 0 Å². The van der Waals surface area contributed by atoms with E-state index in [1.165, 1.54) is 6.20 Å². The van der Waals surface area contributed by atoms with E-state index in [0.29, 0.717) is 10.6 Å². The van der Waals surface area contributed by atoms with Crippen LogP contribution >= 0.6 is 38.2 Å². The maximum atomic E-state index is 13.7. The van der Waals surface area contributed by atoms with Crippen LogP contribution in [0.4, 0.5) is 4.39 Å². The van der Waals surface area contributed by atoms with Crippen LogP contribution in [0.15, 0.2) is 40.0 Å². The molecule has 0 saturated heterocycles. The lowest BCUT2D eigenvalue weighted by molar-refractivity contribution is 0.302. The lowest BCUT2D eigenvalue weighted by atomic mass is 10.3. The molecule has 0 spiro atoms. The van der Waals surface area contributed by atoms with Gasteiger partial charge in [-0.05, 0) is 28.1 Å². The highest BCUT2D eigenvalue weighted by atomic mass is 79.9. The van der Waals surface area contributed by atoms with E-state index < -0.39 is 19.8 Å². The van der Waals surface area contributed by atoms with Gasteiger partial charge in [0.1, 0.15) is 23.1 Å². The first-order valence-electron chi connectivity index (χ1n) is 5.44. The third kappa shape index (κ3) is 4.06. The van der Waals surface area contributed by atoms with Crippen molar-refractivity contribution in [1.82, 2.24) is 4.98 Å². The van der Waals surface area contributed by atoms with E-state index in [1.54, 1.807) is 12.3 Å². The van der Waals surface area contributed by atoms with Gasteiger partial charge in [0, 0.05) is 34.7 Å². The fourth-order valence-corrected chi connectivity index (χ4v) is 3.17. The van der Waals surface area contributed by atoms with Crippen molar-refractivity contribution < 1.29 is 17.5 Å². The zero-order valence-corrected chi connectivity index (χ0v) is 14.1. The lowest BCUT2D eigenvalue weighted by Gasteiger charge is -2.10. The average Bonchev–Trinajstić information content (AvgIpc) is 2.39. The number of aromatic nitrogens is 1. The third-order valence-corrected chi connectivity index (χ3v) is 4.79. The number of nitrogens with zero attached hydrogens (tertiary/aromatic N) is 1. The molecule has 21 heavy (non-hydrogen) atoms. The molecule has 0 N–H and O–H groups in total. The molecule has 2 aromatic rings. The Morgan fingerprint density at radius 1 is 1.38 bits per heavy atom. The molecule has 1 aromatic carbocycles. The van der Waals surface area contributed by atoms with Crippen LogP contribution in [0.1, 0.15) is 5.56 Å². The Balaban J connectivity index is 2.26. The Morgan fingerprint density at radius 3 is 2.71 bits per heavy atom. The summed E-state index contributed by atoms with van der Waals surface area (Å²) in [7, 11) is 0.964. The van der Waals surface area contributed by atoms with Crippen molar-refractivity contribution in [3.05, 3.63) is 51.5 Å². The van der Waals surface area contributed by atoms with E-state index in [-0.39, 0.29) is 16.8 Å². The average molecular weight is 415 g/mol. The predicted molar refractivity (Wildman–Crippen MR) is 80.7 cm³/mol. The van der Waals surface area contributed by atoms with Crippen LogP contribution in [-0.2, 0) is 15.7 Å². The second kappa shape index (κ2) is 6.48. The molecule has 1 heterocycles. The first-order valence-corrected chi connectivity index (χ1v) is 8.92. The predicted octanol–water partition coefficient (Wildman–Crippen LogP) is 4.14. The summed E-state index contributed by atoms with van der Waals surface area (Å²) in [5.41, 5.74) is 0.660. The summed E-state index contributed by atoms with van der Waals surface area (Å²) < 4.78 is 41.8. The van der Waals surface area contributed by atoms with Gasteiger partial charge in [-0.2, -0.15) is 0 Å². The van der Waals surface area contributed by atoms with Gasteiger partial charge in [-0.25, -0.2) is 12.8 Å². The van der Waals surface area contributed by atoms with Crippen LogP contribution in [0.3, 0.4) is 0 Å². The van der Waals surface area contributed by atoms with Crippen LogP contribution < -0.4 is 4.74 Å². The first-order chi connectivity index (χ1) is 9.79. The van der Waals surface area contributed by atoms with Crippen molar-refractivity contribution in [2.24, 2.45) is 0 Å². The summed E-state index contributed by atoms with van der Waals surface area (Å²) in [5.74, 6) is -0.867. The standard InChI is InChI=1S/C12H7BrCl2FNO3S/c13-8-3-12(21(15,18)19)10(16)4-11(8)20-6-7-1-2-17-5-9(7)14/h1-5H,6H2. The van der Waals surface area contributed by atoms with Gasteiger partial charge in [-0.15, -0.1) is 0 Å². The zero-order valence-electron chi connectivity index (χ0n) is 10.2. The zero-order chi connectivity index (χ0) is 15.6. The summed E-state index contributed by atoms with van der Waals surface area (Å²) in [6.07, 6.45) is 3.00. The highest BCUT2D eigenvalue weighted by Gasteiger charge is 2.19. The normalized spacial score (nSPS) is 11.4. The van der Waals surface area contributed by atoms with E-state index in [2.05, 4.69) is 20.9 Å². The highest BCUT2D eigenvalue weighted by molar-refractivity contribution is 9.10. The van der Waals surface area contributed by atoms with Crippen molar-refractivity contribution in [2.75, 3.05) is 0 Å². The van der Waals surface area contributed by atoms with Crippen LogP contribution in [0.2, 0.25) is 5.02 Å². The van der Waals surface area contributed by atoms with Crippen LogP contribution in [0.25, 0.3) is 0 Å². The van der Waals surface area contributed by atoms with Crippen LogP contribution in [-0.4, -0.2) is 13.4 Å². The minimum atomic E-state index is -4.16. The van der Waals surface area contributed by atoms with Gasteiger partial charge in [-0.3, -0.25) is 4.98 Å². The smallest absolute Gasteiger partial charge is 0.264 e. The van der Waals surface area contributed by atoms with E-state index in [0.717, 1.165) is 12.1 Å². The molecule has 0 amide bonds. The summed E-state index contributed by atoms with van der Waals surface area (Å²) in [6, 6.07) is 3.64. The van der Waals surface area contributed by atoms with Crippen LogP contribution in [0, 0.1) is 5.82 Å². The van der Waals surface area contributed by atoms with Gasteiger partial charge < -0.3 is 4.74 Å². The van der Waals surface area contributed by atoms with Gasteiger partial charge in [-0.1, -0.05) is 11.6 Å². The first kappa shape index (κ1) is 16.5. The second-order valence-electron chi connectivity index (χ2n) is 3.91. The van der Waals surface area contributed by atoms with Crippen molar-refractivity contribution >= 4 is 47.3 Å². The van der Waals surface area contributed by atoms with Crippen molar-refractivity contribution in [3.63, 3.8) is 0 Å². The molecular weight excluding hydrogens is 408 g/mol. The molecule has 0 atom stereocenters. The fraction of sp³-hybridized carbons (Fsp3) is 0.0833. The topological polar surface area (TPSA) is 56.3 Å². The Labute approximate surface area is 138 Å². The maximum Gasteiger partial charge on any atom is 0.264 e. The summed E-state index contributed by atoms with van der Waals surface area (Å²) in [6.45, 7) is 0.0758. The van der Waals surface area contributed by atoms with Gasteiger partial charge >= 0.3 is 0 Å². The maximum absolute atomic E-state index is 13.7. The molecule has 0 radical (unpaired) electrons. The number of rotatable bonds is 4. The molecule has 0 aliphatic carbocycles. The molecule has 9 heteroatoms. The summed E-state index contributed by atoms with van der Waals surface area (Å²) in [5, 5.41) is 0.411. The molecule has 0 aliphatic rings. The van der Waals surface area contributed by atoms with Crippen LogP contribution in [0.5, 0.6) is 5.75 Å². The Bertz CT molecular complexity index is 786. The minimum Gasteiger partial charge on any atom is -0.488 e. The van der Waals surface area contributed by atoms with E-state index in [4.69, 9.17) is 27.0 Å². The van der Waals surface area contributed by atoms with Crippen molar-refractivity contribution in [3.8, 4) is 5.75 Å². The molecule has 4 nitrogen and oxygen atoms in total. The lowest BCUT2D eigenvalue weighted by Crippen LogP contribution is -2.01. The summed E-state index contributed by atoms with van der Waals surface area (Å²) in [4.78, 5) is 3.21. The van der Waals surface area contributed by atoms with Gasteiger partial charge in [0.25, 0.3) is 9.05 Å². The summed E-state index contributed by atoms with van der Waals surface area (Å²) >= 11 is 9.03. The molecule has 112 valence electrons. The number of hydrogen-bond donors (Lipinski definition) is 0. The Morgan fingerprint density at radius 2 is 2.10 bits per heavy atom. The molecule has 0 saturated carbocycles. The molecule has 2 rings (SSSR count). The molecule has 0 unspecified atom stereocenters. The molecule has 0 fully saturated rings. The third-order valence-electron chi connectivity index (χ3n) is 2.49. The van der Waals surface area contributed by atoms with E-state index in [9.17, 15) is 12.8 Å². The van der Waals surface area contributed by atoms with E-state index >= 15 is 0 Å². The van der Waals surface area contributed by atoms with Gasteiger partial charge in [0.2, 0.25) is 0 Å². The largest absolute Gasteiger partial charge is 0.488 e. The van der Waals surface area contributed by atoms with Gasteiger partial charge in [0.05, 0.1) is 9.50 Å². The monoisotopic (exact) mass is 413 g/mol. The Kier molecular flexibility index (Phi) is 5.08. The Hall–Kier alpha value is -0.890. The fourth-order valence-electron chi connectivity index (χ4n) is 1.48. The SMILES string of the molecule is O=S(=O)(Cl)c1cc(Br)c(OCc2ccncc2Cl)cc1F. The molecule has 0 bridgehead atoms. The number of hydrogen-bond acceptors (Lipinski definition) is 4. The van der Waals surface area contributed by atoms with Crippen molar-refractivity contribution in [1.29, 1.82) is 0 Å². The quantitative estimate of drug-likeness (QED) is 0.705. The number of pyridine rings is 1. The number of ether oxygens (including phenoxy) is 1. The molecular formula is C12H7BrCl2FNO3S. The molecule has 0 aliphatic heterocycles. The minimum absolute atomic E-state index is 0.0758.